The van der Waals surface area contributed by atoms with Crippen molar-refractivity contribution >= 4 is 17.6 Å². The molecule has 0 fully saturated rings. The van der Waals surface area contributed by atoms with Crippen molar-refractivity contribution in [3.8, 4) is 11.8 Å². The monoisotopic (exact) mass is 380 g/mol. The second kappa shape index (κ2) is 9.56. The highest BCUT2D eigenvalue weighted by Crippen LogP contribution is 2.24. The van der Waals surface area contributed by atoms with Gasteiger partial charge in [0.05, 0.1) is 24.3 Å². The van der Waals surface area contributed by atoms with E-state index < -0.39 is 18.5 Å². The highest BCUT2D eigenvalue weighted by molar-refractivity contribution is 5.93. The summed E-state index contributed by atoms with van der Waals surface area (Å²) in [4.78, 5) is 23.6. The number of nitriles is 1. The van der Waals surface area contributed by atoms with Gasteiger partial charge in [-0.15, -0.1) is 0 Å². The Morgan fingerprint density at radius 1 is 1.07 bits per heavy atom. The zero-order valence-electron chi connectivity index (χ0n) is 16.3. The molecule has 0 saturated carbocycles. The van der Waals surface area contributed by atoms with Crippen molar-refractivity contribution in [2.75, 3.05) is 18.5 Å². The van der Waals surface area contributed by atoms with Crippen molar-refractivity contribution in [2.24, 2.45) is 0 Å². The lowest BCUT2D eigenvalue weighted by molar-refractivity contribution is -0.147. The Kier molecular flexibility index (Phi) is 7.16. The summed E-state index contributed by atoms with van der Waals surface area (Å²) in [7, 11) is 0. The molecule has 2 rings (SSSR count). The maximum Gasteiger partial charge on any atom is 0.309 e. The van der Waals surface area contributed by atoms with E-state index in [1.54, 1.807) is 24.3 Å². The molecule has 28 heavy (non-hydrogen) atoms. The average Bonchev–Trinajstić information content (AvgIpc) is 2.66. The number of hydrogen-bond donors (Lipinski definition) is 1. The minimum absolute atomic E-state index is 0.0308. The summed E-state index contributed by atoms with van der Waals surface area (Å²) < 4.78 is 10.5. The second-order valence-corrected chi connectivity index (χ2v) is 7.24. The van der Waals surface area contributed by atoms with Crippen LogP contribution in [0.15, 0.2) is 48.5 Å². The Bertz CT molecular complexity index is 861. The van der Waals surface area contributed by atoms with Crippen LogP contribution in [0.5, 0.6) is 5.75 Å². The molecule has 1 amide bonds. The fourth-order valence-electron chi connectivity index (χ4n) is 2.40. The molecule has 0 aliphatic carbocycles. The third-order valence-electron chi connectivity index (χ3n) is 3.98. The van der Waals surface area contributed by atoms with Gasteiger partial charge in [-0.3, -0.25) is 9.59 Å². The zero-order chi connectivity index (χ0) is 20.6. The summed E-state index contributed by atoms with van der Waals surface area (Å²) in [6.45, 7) is 6.14. The van der Waals surface area contributed by atoms with Crippen LogP contribution in [-0.2, 0) is 19.7 Å². The van der Waals surface area contributed by atoms with Crippen molar-refractivity contribution in [3.63, 3.8) is 0 Å². The minimum Gasteiger partial charge on any atom is -0.493 e. The van der Waals surface area contributed by atoms with Crippen LogP contribution in [0.2, 0.25) is 0 Å². The third-order valence-corrected chi connectivity index (χ3v) is 3.98. The molecule has 0 aromatic heterocycles. The molecule has 0 radical (unpaired) electrons. The van der Waals surface area contributed by atoms with E-state index in [0.717, 1.165) is 0 Å². The average molecular weight is 380 g/mol. The maximum atomic E-state index is 11.9. The minimum atomic E-state index is -0.532. The topological polar surface area (TPSA) is 88.4 Å². The van der Waals surface area contributed by atoms with Crippen molar-refractivity contribution in [1.29, 1.82) is 5.26 Å². The molecule has 0 heterocycles. The Balaban J connectivity index is 1.71. The Morgan fingerprint density at radius 2 is 1.75 bits per heavy atom. The molecule has 2 aromatic rings. The van der Waals surface area contributed by atoms with Gasteiger partial charge in [0.2, 0.25) is 0 Å². The van der Waals surface area contributed by atoms with Gasteiger partial charge in [0.1, 0.15) is 11.8 Å². The molecule has 0 bridgehead atoms. The van der Waals surface area contributed by atoms with Gasteiger partial charge in [-0.05, 0) is 35.2 Å². The van der Waals surface area contributed by atoms with E-state index >= 15 is 0 Å². The second-order valence-electron chi connectivity index (χ2n) is 7.24. The van der Waals surface area contributed by atoms with Gasteiger partial charge in [-0.2, -0.15) is 5.26 Å². The van der Waals surface area contributed by atoms with E-state index in [1.807, 2.05) is 30.3 Å². The number of anilines is 1. The first kappa shape index (κ1) is 21.0. The number of nitrogens with zero attached hydrogens (tertiary/aromatic N) is 1. The van der Waals surface area contributed by atoms with Gasteiger partial charge in [0.15, 0.2) is 6.61 Å². The molecule has 1 N–H and O–H groups in total. The number of ether oxygens (including phenoxy) is 2. The number of amides is 1. The van der Waals surface area contributed by atoms with E-state index in [4.69, 9.17) is 14.7 Å². The number of nitrogens with one attached hydrogen (secondary N) is 1. The molecule has 0 atom stereocenters. The summed E-state index contributed by atoms with van der Waals surface area (Å²) >= 11 is 0. The fourth-order valence-corrected chi connectivity index (χ4v) is 2.40. The number of carbonyl (C=O) groups is 2. The lowest BCUT2D eigenvalue weighted by Gasteiger charge is -2.19. The summed E-state index contributed by atoms with van der Waals surface area (Å²) in [5.41, 5.74) is 1.99. The van der Waals surface area contributed by atoms with E-state index in [-0.39, 0.29) is 18.4 Å². The Labute approximate surface area is 165 Å². The number of esters is 1. The lowest BCUT2D eigenvalue weighted by atomic mass is 9.87. The molecule has 6 nitrogen and oxygen atoms in total. The molecular weight excluding hydrogens is 356 g/mol. The van der Waals surface area contributed by atoms with E-state index in [2.05, 4.69) is 26.1 Å². The van der Waals surface area contributed by atoms with Crippen LogP contribution < -0.4 is 10.1 Å². The van der Waals surface area contributed by atoms with Crippen LogP contribution in [0.1, 0.15) is 38.3 Å². The lowest BCUT2D eigenvalue weighted by Crippen LogP contribution is -2.22. The molecular formula is C22H24N2O4. The molecule has 0 aliphatic heterocycles. The highest BCUT2D eigenvalue weighted by atomic mass is 16.5. The predicted octanol–water partition coefficient (Wildman–Crippen LogP) is 3.81. The first-order valence-electron chi connectivity index (χ1n) is 8.97. The molecule has 0 unspecified atom stereocenters. The third kappa shape index (κ3) is 6.44. The van der Waals surface area contributed by atoms with Crippen molar-refractivity contribution < 1.29 is 19.1 Å². The summed E-state index contributed by atoms with van der Waals surface area (Å²) in [5, 5.41) is 11.5. The van der Waals surface area contributed by atoms with Crippen molar-refractivity contribution in [2.45, 2.75) is 32.6 Å². The van der Waals surface area contributed by atoms with Gasteiger partial charge >= 0.3 is 5.97 Å². The van der Waals surface area contributed by atoms with Gasteiger partial charge < -0.3 is 14.8 Å². The van der Waals surface area contributed by atoms with Gasteiger partial charge in [0, 0.05) is 0 Å². The van der Waals surface area contributed by atoms with E-state index in [1.165, 1.54) is 5.56 Å². The quantitative estimate of drug-likeness (QED) is 0.738. The molecule has 2 aromatic carbocycles. The van der Waals surface area contributed by atoms with Crippen LogP contribution in [-0.4, -0.2) is 25.1 Å². The van der Waals surface area contributed by atoms with Crippen LogP contribution in [0.4, 0.5) is 5.69 Å². The van der Waals surface area contributed by atoms with Gasteiger partial charge in [0.25, 0.3) is 5.91 Å². The molecule has 146 valence electrons. The predicted molar refractivity (Wildman–Crippen MR) is 106 cm³/mol. The number of rotatable bonds is 7. The zero-order valence-corrected chi connectivity index (χ0v) is 16.3. The van der Waals surface area contributed by atoms with E-state index in [9.17, 15) is 9.59 Å². The standard InChI is InChI=1S/C22H24N2O4/c1-22(2,3)17-8-10-18(11-9-17)27-13-12-21(26)28-15-20(25)24-19-7-5-4-6-16(19)14-23/h4-11H,12-13,15H2,1-3H3,(H,24,25). The Hall–Kier alpha value is -3.33. The largest absolute Gasteiger partial charge is 0.493 e. The number of benzene rings is 2. The van der Waals surface area contributed by atoms with Crippen LogP contribution in [0.3, 0.4) is 0 Å². The molecule has 6 heteroatoms. The first-order chi connectivity index (χ1) is 13.3. The molecule has 0 spiro atoms. The Morgan fingerprint density at radius 3 is 2.39 bits per heavy atom. The van der Waals surface area contributed by atoms with E-state index in [0.29, 0.717) is 17.0 Å². The number of carbonyl (C=O) groups excluding carboxylic acids is 2. The fraction of sp³-hybridized carbons (Fsp3) is 0.318. The van der Waals surface area contributed by atoms with Crippen molar-refractivity contribution in [3.05, 3.63) is 59.7 Å². The maximum absolute atomic E-state index is 11.9. The first-order valence-corrected chi connectivity index (χ1v) is 8.97. The SMILES string of the molecule is CC(C)(C)c1ccc(OCCC(=O)OCC(=O)Nc2ccccc2C#N)cc1. The van der Waals surface area contributed by atoms with Gasteiger partial charge in [-0.25, -0.2) is 0 Å². The molecule has 0 saturated heterocycles. The van der Waals surface area contributed by atoms with Crippen LogP contribution in [0.25, 0.3) is 0 Å². The van der Waals surface area contributed by atoms with Gasteiger partial charge in [-0.1, -0.05) is 45.0 Å². The number of hydrogen-bond acceptors (Lipinski definition) is 5. The smallest absolute Gasteiger partial charge is 0.309 e. The van der Waals surface area contributed by atoms with Crippen LogP contribution in [0, 0.1) is 11.3 Å². The summed E-state index contributed by atoms with van der Waals surface area (Å²) in [6.07, 6.45) is 0.0308. The summed E-state index contributed by atoms with van der Waals surface area (Å²) in [6, 6.07) is 16.3. The van der Waals surface area contributed by atoms with Crippen LogP contribution >= 0.6 is 0 Å². The summed E-state index contributed by atoms with van der Waals surface area (Å²) in [5.74, 6) is -0.364. The number of para-hydroxylation sites is 1. The van der Waals surface area contributed by atoms with Crippen molar-refractivity contribution in [1.82, 2.24) is 0 Å². The normalized spacial score (nSPS) is 10.6. The molecule has 0 aliphatic rings. The highest BCUT2D eigenvalue weighted by Gasteiger charge is 2.13.